The van der Waals surface area contributed by atoms with Crippen LogP contribution in [0, 0.1) is 11.3 Å². The van der Waals surface area contributed by atoms with Crippen LogP contribution in [0.2, 0.25) is 5.02 Å². The second-order valence-electron chi connectivity index (χ2n) is 4.36. The van der Waals surface area contributed by atoms with E-state index in [4.69, 9.17) is 16.9 Å². The summed E-state index contributed by atoms with van der Waals surface area (Å²) >= 11 is 5.88. The fraction of sp³-hybridized carbons (Fsp3) is 0.333. The third-order valence-corrected chi connectivity index (χ3v) is 4.89. The van der Waals surface area contributed by atoms with Crippen molar-refractivity contribution in [2.75, 3.05) is 6.54 Å². The largest absolute Gasteiger partial charge is 0.355 e. The van der Waals surface area contributed by atoms with Gasteiger partial charge in [-0.1, -0.05) is 11.6 Å². The van der Waals surface area contributed by atoms with Crippen LogP contribution in [-0.4, -0.2) is 26.9 Å². The average molecular weight is 314 g/mol. The number of piperidine rings is 1. The van der Waals surface area contributed by atoms with Crippen molar-refractivity contribution in [1.82, 2.24) is 10.0 Å². The maximum atomic E-state index is 12.2. The molecule has 6 nitrogen and oxygen atoms in total. The lowest BCUT2D eigenvalue weighted by Crippen LogP contribution is -2.50. The van der Waals surface area contributed by atoms with Gasteiger partial charge < -0.3 is 5.32 Å². The van der Waals surface area contributed by atoms with Crippen molar-refractivity contribution >= 4 is 27.5 Å². The Balaban J connectivity index is 2.26. The third kappa shape index (κ3) is 3.10. The van der Waals surface area contributed by atoms with Crippen LogP contribution in [0.4, 0.5) is 0 Å². The predicted molar refractivity (Wildman–Crippen MR) is 72.5 cm³/mol. The molecule has 1 aliphatic rings. The zero-order valence-corrected chi connectivity index (χ0v) is 12.0. The van der Waals surface area contributed by atoms with Gasteiger partial charge in [-0.25, -0.2) is 8.42 Å². The van der Waals surface area contributed by atoms with E-state index < -0.39 is 16.1 Å². The van der Waals surface area contributed by atoms with E-state index in [1.807, 2.05) is 6.07 Å². The minimum Gasteiger partial charge on any atom is -0.355 e. The van der Waals surface area contributed by atoms with Gasteiger partial charge in [-0.05, 0) is 31.0 Å². The molecule has 20 heavy (non-hydrogen) atoms. The molecule has 8 heteroatoms. The van der Waals surface area contributed by atoms with Gasteiger partial charge >= 0.3 is 0 Å². The van der Waals surface area contributed by atoms with E-state index in [-0.39, 0.29) is 21.4 Å². The SMILES string of the molecule is N#Cc1ccc(S(=O)(=O)N[C@H]2CCCNC2=O)c(Cl)c1. The summed E-state index contributed by atoms with van der Waals surface area (Å²) in [5.74, 6) is -0.343. The predicted octanol–water partition coefficient (Wildman–Crippen LogP) is 0.769. The maximum absolute atomic E-state index is 12.2. The highest BCUT2D eigenvalue weighted by Crippen LogP contribution is 2.23. The van der Waals surface area contributed by atoms with E-state index in [2.05, 4.69) is 10.0 Å². The number of carbonyl (C=O) groups is 1. The van der Waals surface area contributed by atoms with Gasteiger partial charge in [0.05, 0.1) is 16.7 Å². The molecule has 0 spiro atoms. The second-order valence-corrected chi connectivity index (χ2v) is 6.45. The molecule has 106 valence electrons. The summed E-state index contributed by atoms with van der Waals surface area (Å²) in [5.41, 5.74) is 0.268. The first-order valence-corrected chi connectivity index (χ1v) is 7.80. The summed E-state index contributed by atoms with van der Waals surface area (Å²) in [7, 11) is -3.90. The van der Waals surface area contributed by atoms with Crippen molar-refractivity contribution < 1.29 is 13.2 Å². The molecule has 0 radical (unpaired) electrons. The molecule has 1 heterocycles. The summed E-state index contributed by atoms with van der Waals surface area (Å²) in [4.78, 5) is 11.4. The molecule has 0 bridgehead atoms. The highest BCUT2D eigenvalue weighted by Gasteiger charge is 2.28. The number of hydrogen-bond acceptors (Lipinski definition) is 4. The smallest absolute Gasteiger partial charge is 0.242 e. The van der Waals surface area contributed by atoms with E-state index >= 15 is 0 Å². The van der Waals surface area contributed by atoms with Crippen LogP contribution in [0.15, 0.2) is 23.1 Å². The first-order chi connectivity index (χ1) is 9.44. The molecule has 1 atom stereocenters. The van der Waals surface area contributed by atoms with Gasteiger partial charge in [-0.3, -0.25) is 4.79 Å². The Morgan fingerprint density at radius 1 is 1.45 bits per heavy atom. The first kappa shape index (κ1) is 14.8. The Morgan fingerprint density at radius 3 is 2.80 bits per heavy atom. The zero-order valence-electron chi connectivity index (χ0n) is 10.4. The standard InChI is InChI=1S/C12H12ClN3O3S/c13-9-6-8(7-14)3-4-11(9)20(18,19)16-10-2-1-5-15-12(10)17/h3-4,6,10,16H,1-2,5H2,(H,15,17)/t10-/m0/s1. The second kappa shape index (κ2) is 5.79. The van der Waals surface area contributed by atoms with Gasteiger partial charge in [0, 0.05) is 6.54 Å². The number of sulfonamides is 1. The monoisotopic (exact) mass is 313 g/mol. The lowest BCUT2D eigenvalue weighted by Gasteiger charge is -2.22. The Morgan fingerprint density at radius 2 is 2.20 bits per heavy atom. The van der Waals surface area contributed by atoms with E-state index in [0.717, 1.165) is 0 Å². The first-order valence-electron chi connectivity index (χ1n) is 5.94. The molecule has 1 fully saturated rings. The molecule has 0 unspecified atom stereocenters. The molecule has 1 aromatic rings. The summed E-state index contributed by atoms with van der Waals surface area (Å²) in [6.07, 6.45) is 1.15. The van der Waals surface area contributed by atoms with E-state index in [0.29, 0.717) is 19.4 Å². The number of nitriles is 1. The van der Waals surface area contributed by atoms with Crippen molar-refractivity contribution in [3.8, 4) is 6.07 Å². The van der Waals surface area contributed by atoms with Crippen LogP contribution < -0.4 is 10.0 Å². The molecular weight excluding hydrogens is 302 g/mol. The fourth-order valence-electron chi connectivity index (χ4n) is 1.92. The fourth-order valence-corrected chi connectivity index (χ4v) is 3.70. The number of hydrogen-bond donors (Lipinski definition) is 2. The normalized spacial score (nSPS) is 19.2. The van der Waals surface area contributed by atoms with Gasteiger partial charge in [0.1, 0.15) is 10.9 Å². The Bertz CT molecular complexity index is 682. The highest BCUT2D eigenvalue weighted by atomic mass is 35.5. The lowest BCUT2D eigenvalue weighted by atomic mass is 10.1. The third-order valence-electron chi connectivity index (χ3n) is 2.93. The Kier molecular flexibility index (Phi) is 4.28. The van der Waals surface area contributed by atoms with E-state index in [9.17, 15) is 13.2 Å². The number of nitrogens with zero attached hydrogens (tertiary/aromatic N) is 1. The molecule has 2 rings (SSSR count). The van der Waals surface area contributed by atoms with Crippen molar-refractivity contribution in [3.05, 3.63) is 28.8 Å². The van der Waals surface area contributed by atoms with Crippen LogP contribution in [0.1, 0.15) is 18.4 Å². The van der Waals surface area contributed by atoms with Gasteiger partial charge in [-0.15, -0.1) is 0 Å². The number of nitrogens with one attached hydrogen (secondary N) is 2. The number of halogens is 1. The van der Waals surface area contributed by atoms with Gasteiger partial charge in [0.15, 0.2) is 0 Å². The quantitative estimate of drug-likeness (QED) is 0.861. The number of amides is 1. The van der Waals surface area contributed by atoms with E-state index in [1.165, 1.54) is 18.2 Å². The highest BCUT2D eigenvalue weighted by molar-refractivity contribution is 7.89. The average Bonchev–Trinajstić information content (AvgIpc) is 2.40. The minimum absolute atomic E-state index is 0.0484. The summed E-state index contributed by atoms with van der Waals surface area (Å²) in [5, 5.41) is 11.3. The Hall–Kier alpha value is -1.62. The van der Waals surface area contributed by atoms with Crippen molar-refractivity contribution in [1.29, 1.82) is 5.26 Å². The van der Waals surface area contributed by atoms with Crippen LogP contribution in [0.25, 0.3) is 0 Å². The molecule has 0 aliphatic carbocycles. The van der Waals surface area contributed by atoms with Crippen molar-refractivity contribution in [3.63, 3.8) is 0 Å². The van der Waals surface area contributed by atoms with Crippen LogP contribution in [0.5, 0.6) is 0 Å². The van der Waals surface area contributed by atoms with E-state index in [1.54, 1.807) is 0 Å². The summed E-state index contributed by atoms with van der Waals surface area (Å²) in [6.45, 7) is 0.550. The number of benzene rings is 1. The lowest BCUT2D eigenvalue weighted by molar-refractivity contribution is -0.124. The molecular formula is C12H12ClN3O3S. The molecule has 1 amide bonds. The van der Waals surface area contributed by atoms with Gasteiger partial charge in [-0.2, -0.15) is 9.98 Å². The van der Waals surface area contributed by atoms with Gasteiger partial charge in [0.2, 0.25) is 15.9 Å². The number of carbonyl (C=O) groups excluding carboxylic acids is 1. The van der Waals surface area contributed by atoms with Crippen LogP contribution >= 0.6 is 11.6 Å². The maximum Gasteiger partial charge on any atom is 0.242 e. The molecule has 0 aromatic heterocycles. The zero-order chi connectivity index (χ0) is 14.8. The van der Waals surface area contributed by atoms with Crippen molar-refractivity contribution in [2.45, 2.75) is 23.8 Å². The van der Waals surface area contributed by atoms with Crippen LogP contribution in [0.3, 0.4) is 0 Å². The Labute approximate surface area is 121 Å². The topological polar surface area (TPSA) is 99.1 Å². The molecule has 2 N–H and O–H groups in total. The summed E-state index contributed by atoms with van der Waals surface area (Å²) < 4.78 is 26.7. The minimum atomic E-state index is -3.90. The van der Waals surface area contributed by atoms with Crippen molar-refractivity contribution in [2.24, 2.45) is 0 Å². The molecule has 1 aromatic carbocycles. The van der Waals surface area contributed by atoms with Crippen LogP contribution in [-0.2, 0) is 14.8 Å². The molecule has 1 aliphatic heterocycles. The molecule has 1 saturated heterocycles. The van der Waals surface area contributed by atoms with Gasteiger partial charge in [0.25, 0.3) is 0 Å². The molecule has 0 saturated carbocycles. The number of rotatable bonds is 3. The summed E-state index contributed by atoms with van der Waals surface area (Å²) in [6, 6.07) is 4.97.